The van der Waals surface area contributed by atoms with Gasteiger partial charge in [-0.3, -0.25) is 0 Å². The van der Waals surface area contributed by atoms with Crippen LogP contribution in [0.1, 0.15) is 57.9 Å². The van der Waals surface area contributed by atoms with Gasteiger partial charge in [-0.05, 0) is 39.8 Å². The summed E-state index contributed by atoms with van der Waals surface area (Å²) in [6, 6.07) is 20.5. The molecule has 3 aromatic carbocycles. The number of benzene rings is 3. The van der Waals surface area contributed by atoms with Crippen LogP contribution < -0.4 is 16.1 Å². The van der Waals surface area contributed by atoms with Gasteiger partial charge in [-0.25, -0.2) is 4.98 Å². The molecule has 7 aromatic rings. The first-order valence-corrected chi connectivity index (χ1v) is 23.7. The normalized spacial score (nSPS) is 14.9. The number of hydrogen-bond donors (Lipinski definition) is 2. The molecule has 9 rings (SSSR count). The van der Waals surface area contributed by atoms with Crippen molar-refractivity contribution >= 4 is 120 Å². The van der Waals surface area contributed by atoms with Gasteiger partial charge < -0.3 is 13.7 Å². The number of aryl methyl sites for hydroxylation is 2. The molecule has 10 nitrogen and oxygen atoms in total. The van der Waals surface area contributed by atoms with Crippen molar-refractivity contribution in [3.63, 3.8) is 0 Å². The fraction of sp³-hybridized carbons (Fsp3) is 0.182. The quantitative estimate of drug-likeness (QED) is 0.124. The molecule has 0 atom stereocenters. The van der Waals surface area contributed by atoms with Crippen molar-refractivity contribution in [1.29, 1.82) is 0 Å². The van der Waals surface area contributed by atoms with Crippen LogP contribution in [0.25, 0.3) is 32.2 Å². The van der Waals surface area contributed by atoms with Gasteiger partial charge in [-0.1, -0.05) is 11.6 Å². The van der Waals surface area contributed by atoms with Crippen LogP contribution in [0.15, 0.2) is 115 Å². The van der Waals surface area contributed by atoms with E-state index in [1.165, 1.54) is 24.3 Å². The van der Waals surface area contributed by atoms with E-state index in [0.717, 1.165) is 24.3 Å². The van der Waals surface area contributed by atoms with E-state index in [1.807, 2.05) is 58.9 Å². The second kappa shape index (κ2) is 18.7. The van der Waals surface area contributed by atoms with Crippen molar-refractivity contribution in [1.82, 2.24) is 15.3 Å². The third kappa shape index (κ3) is 10.3. The molecule has 18 heteroatoms. The van der Waals surface area contributed by atoms with Gasteiger partial charge in [-0.15, -0.1) is 0 Å². The summed E-state index contributed by atoms with van der Waals surface area (Å²) in [5.74, 6) is -0.322. The second-order valence-electron chi connectivity index (χ2n) is 14.8. The number of fused-ring (bicyclic) bond motifs is 2. The van der Waals surface area contributed by atoms with Crippen LogP contribution in [0.5, 0.6) is 0 Å². The van der Waals surface area contributed by atoms with Crippen LogP contribution in [0.4, 0.5) is 14.5 Å². The Morgan fingerprint density at radius 1 is 0.790 bits per heavy atom. The Bertz CT molecular complexity index is 2920. The Morgan fingerprint density at radius 3 is 2.02 bits per heavy atom. The van der Waals surface area contributed by atoms with Gasteiger partial charge in [0.15, 0.2) is 11.5 Å². The number of aromatic nitrogens is 2. The van der Waals surface area contributed by atoms with E-state index in [4.69, 9.17) is 41.3 Å². The Balaban J connectivity index is 0.000000144. The van der Waals surface area contributed by atoms with Gasteiger partial charge in [0.2, 0.25) is 0 Å². The predicted octanol–water partition coefficient (Wildman–Crippen LogP) is 10.3. The van der Waals surface area contributed by atoms with Crippen LogP contribution in [-0.2, 0) is 9.31 Å². The molecular formula is C44H35BBrCl2F2N4O6Se2+. The predicted molar refractivity (Wildman–Crippen MR) is 244 cm³/mol. The van der Waals surface area contributed by atoms with Gasteiger partial charge >= 0.3 is 273 Å². The molecule has 0 bridgehead atoms. The zero-order chi connectivity index (χ0) is 44.5. The number of nitrogens with zero attached hydrogens (tertiary/aromatic N) is 2. The molecule has 2 amide bonds. The number of rotatable bonds is 6. The van der Waals surface area contributed by atoms with E-state index in [-0.39, 0.29) is 52.2 Å². The SMILES string of the molecule is Cc1nc2cc(Cl)c(-c3ccc(C(=O)Nc4ccccc4F)[se]3)cc2o1.Cc1nc2cc(Cl)c(B3OC(C)(C)C(C)(C)O3)cc2o1.O=C(NC1=C(F)C=[C+]C=C1)c1ccc(Br)[se]1. The van der Waals surface area contributed by atoms with Crippen molar-refractivity contribution in [2.75, 3.05) is 5.32 Å². The number of carbonyl (C=O) groups excluding carboxylic acids is 2. The molecule has 0 radical (unpaired) electrons. The third-order valence-corrected chi connectivity index (χ3v) is 15.7. The summed E-state index contributed by atoms with van der Waals surface area (Å²) in [6.45, 7) is 11.6. The number of carbonyl (C=O) groups is 2. The fourth-order valence-corrected chi connectivity index (χ4v) is 10.9. The summed E-state index contributed by atoms with van der Waals surface area (Å²) < 4.78 is 53.3. The summed E-state index contributed by atoms with van der Waals surface area (Å²) in [5.41, 5.74) is 3.94. The Kier molecular flexibility index (Phi) is 13.8. The number of para-hydroxylation sites is 1. The van der Waals surface area contributed by atoms with E-state index in [0.29, 0.717) is 47.4 Å². The zero-order valence-corrected chi connectivity index (χ0v) is 40.3. The van der Waals surface area contributed by atoms with E-state index in [9.17, 15) is 18.4 Å². The van der Waals surface area contributed by atoms with Crippen LogP contribution in [0, 0.1) is 25.7 Å². The summed E-state index contributed by atoms with van der Waals surface area (Å²) >= 11 is 15.8. The maximum atomic E-state index is 13.7. The molecule has 62 heavy (non-hydrogen) atoms. The molecule has 1 aliphatic carbocycles. The monoisotopic (exact) mass is 1070 g/mol. The van der Waals surface area contributed by atoms with Gasteiger partial charge in [0.25, 0.3) is 0 Å². The number of oxazole rings is 2. The van der Waals surface area contributed by atoms with Crippen molar-refractivity contribution in [3.8, 4) is 10.0 Å². The Hall–Kier alpha value is -4.43. The minimum atomic E-state index is -0.498. The summed E-state index contributed by atoms with van der Waals surface area (Å²) in [7, 11) is -0.498. The zero-order valence-electron chi connectivity index (χ0n) is 33.8. The molecule has 2 aliphatic rings. The summed E-state index contributed by atoms with van der Waals surface area (Å²) in [5, 5.41) is 6.27. The van der Waals surface area contributed by atoms with Gasteiger partial charge in [0, 0.05) is 17.4 Å². The molecule has 1 aliphatic heterocycles. The van der Waals surface area contributed by atoms with Crippen LogP contribution >= 0.6 is 39.1 Å². The average molecular weight is 1070 g/mol. The first-order chi connectivity index (χ1) is 29.4. The minimum absolute atomic E-state index is 0.0124. The number of nitrogens with one attached hydrogen (secondary N) is 2. The molecule has 1 saturated heterocycles. The Morgan fingerprint density at radius 2 is 1.39 bits per heavy atom. The number of allylic oxidation sites excluding steroid dienone is 5. The number of amides is 2. The molecule has 4 aromatic heterocycles. The molecule has 0 spiro atoms. The van der Waals surface area contributed by atoms with Crippen molar-refractivity contribution in [3.05, 3.63) is 148 Å². The fourth-order valence-electron chi connectivity index (χ4n) is 5.97. The molecule has 0 saturated carbocycles. The Labute approximate surface area is 386 Å². The molecule has 2 N–H and O–H groups in total. The van der Waals surface area contributed by atoms with E-state index >= 15 is 0 Å². The third-order valence-electron chi connectivity index (χ3n) is 9.78. The summed E-state index contributed by atoms with van der Waals surface area (Å²) in [4.78, 5) is 32.7. The molecular weight excluding hydrogens is 1040 g/mol. The first kappa shape index (κ1) is 45.6. The van der Waals surface area contributed by atoms with Crippen LogP contribution in [-0.4, -0.2) is 69.1 Å². The summed E-state index contributed by atoms with van der Waals surface area (Å²) in [6.07, 6.45) is 6.83. The van der Waals surface area contributed by atoms with E-state index in [1.54, 1.807) is 49.4 Å². The van der Waals surface area contributed by atoms with Gasteiger partial charge in [0.05, 0.1) is 11.2 Å². The second-order valence-corrected chi connectivity index (χ2v) is 22.2. The number of anilines is 1. The van der Waals surface area contributed by atoms with Crippen molar-refractivity contribution in [2.24, 2.45) is 0 Å². The van der Waals surface area contributed by atoms with Gasteiger partial charge in [-0.2, -0.15) is 0 Å². The van der Waals surface area contributed by atoms with Crippen molar-refractivity contribution < 1.29 is 36.5 Å². The number of hydrogen-bond acceptors (Lipinski definition) is 8. The van der Waals surface area contributed by atoms with Crippen LogP contribution in [0.3, 0.4) is 0 Å². The molecule has 316 valence electrons. The maximum absolute atomic E-state index is 13.7. The first-order valence-electron chi connectivity index (χ1n) is 18.7. The van der Waals surface area contributed by atoms with E-state index in [2.05, 4.69) is 42.6 Å². The molecule has 1 fully saturated rings. The standard InChI is InChI=1S/C19H12ClFN2O2Se.C14H17BClNO3.C11H5BrFNOSe/c1-10-22-15-9-12(20)11(8-16(15)25-10)17-6-7-18(26-17)19(24)23-14-5-3-2-4-13(14)21;1-8-17-11-7-10(16)9(6-12(11)18-8)15-19-13(2,3)14(4,5)20-15;12-10-6-5-9(16-10)11(15)14-8-4-2-1-3-7(8)13/h2-9H,1H3,(H,23,24);6-7H,1-5H3;2-6H/p+1. The van der Waals surface area contributed by atoms with Crippen molar-refractivity contribution in [2.45, 2.75) is 52.7 Å². The van der Waals surface area contributed by atoms with Crippen LogP contribution in [0.2, 0.25) is 10.0 Å². The number of halogens is 5. The topological polar surface area (TPSA) is 129 Å². The molecule has 5 heterocycles. The van der Waals surface area contributed by atoms with E-state index < -0.39 is 30.0 Å². The molecule has 0 unspecified atom stereocenters. The average Bonchev–Trinajstić information content (AvgIpc) is 4.04. The van der Waals surface area contributed by atoms with Gasteiger partial charge in [0.1, 0.15) is 5.52 Å².